The number of hydrogen-bond acceptors (Lipinski definition) is 3. The predicted octanol–water partition coefficient (Wildman–Crippen LogP) is 3.92. The van der Waals surface area contributed by atoms with E-state index in [2.05, 4.69) is 10.9 Å². The van der Waals surface area contributed by atoms with Gasteiger partial charge in [0.1, 0.15) is 0 Å². The van der Waals surface area contributed by atoms with Crippen LogP contribution in [0.4, 0.5) is 0 Å². The Morgan fingerprint density at radius 1 is 0.741 bits per heavy atom. The van der Waals surface area contributed by atoms with Gasteiger partial charge in [0, 0.05) is 29.0 Å². The first-order chi connectivity index (χ1) is 13.0. The van der Waals surface area contributed by atoms with Crippen molar-refractivity contribution in [2.75, 3.05) is 0 Å². The third-order valence-corrected chi connectivity index (χ3v) is 4.29. The maximum absolute atomic E-state index is 12.3. The van der Waals surface area contributed by atoms with Gasteiger partial charge in [-0.3, -0.25) is 25.2 Å². The minimum absolute atomic E-state index is 0.0263. The fourth-order valence-electron chi connectivity index (χ4n) is 2.63. The molecule has 27 heavy (non-hydrogen) atoms. The molecular formula is C21H17ClN2O3. The number of hydrazine groups is 1. The van der Waals surface area contributed by atoms with Gasteiger partial charge in [-0.1, -0.05) is 54.1 Å². The summed E-state index contributed by atoms with van der Waals surface area (Å²) in [4.78, 5) is 36.1. The van der Waals surface area contributed by atoms with Crippen molar-refractivity contribution in [1.82, 2.24) is 10.9 Å². The van der Waals surface area contributed by atoms with Crippen LogP contribution in [-0.2, 0) is 4.79 Å². The number of nitrogens with one attached hydrogen (secondary N) is 2. The fourth-order valence-corrected chi connectivity index (χ4v) is 2.82. The van der Waals surface area contributed by atoms with Gasteiger partial charge in [-0.2, -0.15) is 0 Å². The van der Waals surface area contributed by atoms with Crippen LogP contribution in [0.15, 0.2) is 66.7 Å². The summed E-state index contributed by atoms with van der Waals surface area (Å²) in [5.41, 5.74) is 5.50. The Morgan fingerprint density at radius 3 is 2.30 bits per heavy atom. The van der Waals surface area contributed by atoms with E-state index < -0.39 is 11.8 Å². The highest BCUT2D eigenvalue weighted by Gasteiger charge is 2.11. The predicted molar refractivity (Wildman–Crippen MR) is 105 cm³/mol. The van der Waals surface area contributed by atoms with Crippen LogP contribution in [0.2, 0.25) is 5.02 Å². The Morgan fingerprint density at radius 2 is 1.52 bits per heavy atom. The molecule has 0 spiro atoms. The summed E-state index contributed by atoms with van der Waals surface area (Å²) < 4.78 is 0. The van der Waals surface area contributed by atoms with E-state index in [-0.39, 0.29) is 18.6 Å². The fraction of sp³-hybridized carbons (Fsp3) is 0.0952. The first-order valence-corrected chi connectivity index (χ1v) is 8.77. The summed E-state index contributed by atoms with van der Waals surface area (Å²) in [6.07, 6.45) is 0.0265. The molecule has 0 aliphatic rings. The lowest BCUT2D eigenvalue weighted by molar-refractivity contribution is -0.121. The Balaban J connectivity index is 1.50. The second-order valence-electron chi connectivity index (χ2n) is 6.00. The average Bonchev–Trinajstić information content (AvgIpc) is 2.69. The molecule has 5 nitrogen and oxygen atoms in total. The van der Waals surface area contributed by atoms with Crippen molar-refractivity contribution in [1.29, 1.82) is 0 Å². The molecule has 0 bridgehead atoms. The number of hydrogen-bond donors (Lipinski definition) is 2. The Bertz CT molecular complexity index is 1020. The SMILES string of the molecule is O=C(CCC(=O)c1ccc2ccccc2c1)NNC(=O)c1cccc(Cl)c1. The molecule has 6 heteroatoms. The van der Waals surface area contributed by atoms with Crippen LogP contribution in [0.1, 0.15) is 33.6 Å². The zero-order valence-corrected chi connectivity index (χ0v) is 15.1. The highest BCUT2D eigenvalue weighted by Crippen LogP contribution is 2.17. The second kappa shape index (κ2) is 8.47. The molecule has 3 rings (SSSR count). The molecule has 0 aromatic heterocycles. The normalized spacial score (nSPS) is 10.4. The van der Waals surface area contributed by atoms with Gasteiger partial charge in [-0.25, -0.2) is 0 Å². The van der Waals surface area contributed by atoms with Crippen LogP contribution in [0.5, 0.6) is 0 Å². The maximum Gasteiger partial charge on any atom is 0.269 e. The van der Waals surface area contributed by atoms with Gasteiger partial charge in [0.25, 0.3) is 5.91 Å². The van der Waals surface area contributed by atoms with E-state index in [9.17, 15) is 14.4 Å². The molecule has 2 N–H and O–H groups in total. The van der Waals surface area contributed by atoms with E-state index in [1.165, 1.54) is 6.07 Å². The molecule has 0 aliphatic heterocycles. The zero-order valence-electron chi connectivity index (χ0n) is 14.4. The molecule has 2 amide bonds. The van der Waals surface area contributed by atoms with E-state index in [0.717, 1.165) is 10.8 Å². The van der Waals surface area contributed by atoms with Crippen molar-refractivity contribution in [2.24, 2.45) is 0 Å². The van der Waals surface area contributed by atoms with Crippen molar-refractivity contribution >= 4 is 40.0 Å². The summed E-state index contributed by atoms with van der Waals surface area (Å²) in [6, 6.07) is 19.6. The monoisotopic (exact) mass is 380 g/mol. The number of halogens is 1. The average molecular weight is 381 g/mol. The van der Waals surface area contributed by atoms with E-state index in [1.54, 1.807) is 24.3 Å². The first kappa shape index (κ1) is 18.6. The topological polar surface area (TPSA) is 75.3 Å². The number of amides is 2. The molecule has 0 saturated heterocycles. The van der Waals surface area contributed by atoms with Gasteiger partial charge in [0.15, 0.2) is 5.78 Å². The lowest BCUT2D eigenvalue weighted by Gasteiger charge is -2.08. The summed E-state index contributed by atoms with van der Waals surface area (Å²) in [5, 5.41) is 2.45. The molecule has 0 aliphatic carbocycles. The largest absolute Gasteiger partial charge is 0.294 e. The van der Waals surface area contributed by atoms with Gasteiger partial charge in [-0.15, -0.1) is 0 Å². The lowest BCUT2D eigenvalue weighted by Crippen LogP contribution is -2.41. The number of Topliss-reactive ketones (excluding diaryl/α,β-unsaturated/α-hetero) is 1. The quantitative estimate of drug-likeness (QED) is 0.520. The van der Waals surface area contributed by atoms with Gasteiger partial charge in [0.05, 0.1) is 0 Å². The summed E-state index contributed by atoms with van der Waals surface area (Å²) >= 11 is 5.83. The number of rotatable bonds is 5. The molecule has 3 aromatic rings. The standard InChI is InChI=1S/C21H17ClN2O3/c22-18-7-3-6-17(13-18)21(27)24-23-20(26)11-10-19(25)16-9-8-14-4-1-2-5-15(14)12-16/h1-9,12-13H,10-11H2,(H,23,26)(H,24,27). The molecule has 136 valence electrons. The van der Waals surface area contributed by atoms with Crippen LogP contribution in [0, 0.1) is 0 Å². The number of carbonyl (C=O) groups is 3. The van der Waals surface area contributed by atoms with Crippen molar-refractivity contribution in [3.63, 3.8) is 0 Å². The van der Waals surface area contributed by atoms with Gasteiger partial charge in [-0.05, 0) is 35.0 Å². The van der Waals surface area contributed by atoms with Gasteiger partial charge in [0.2, 0.25) is 5.91 Å². The van der Waals surface area contributed by atoms with E-state index in [4.69, 9.17) is 11.6 Å². The summed E-state index contributed by atoms with van der Waals surface area (Å²) in [7, 11) is 0. The second-order valence-corrected chi connectivity index (χ2v) is 6.43. The lowest BCUT2D eigenvalue weighted by atomic mass is 10.0. The molecule has 0 saturated carbocycles. The molecule has 0 unspecified atom stereocenters. The molecule has 0 radical (unpaired) electrons. The van der Waals surface area contributed by atoms with E-state index >= 15 is 0 Å². The third-order valence-electron chi connectivity index (χ3n) is 4.05. The summed E-state index contributed by atoms with van der Waals surface area (Å²) in [5.74, 6) is -1.05. The molecule has 3 aromatic carbocycles. The van der Waals surface area contributed by atoms with Crippen molar-refractivity contribution in [3.8, 4) is 0 Å². The smallest absolute Gasteiger partial charge is 0.269 e. The summed E-state index contributed by atoms with van der Waals surface area (Å²) in [6.45, 7) is 0. The van der Waals surface area contributed by atoms with Crippen LogP contribution >= 0.6 is 11.6 Å². The minimum atomic E-state index is -0.480. The van der Waals surface area contributed by atoms with E-state index in [1.807, 2.05) is 36.4 Å². The van der Waals surface area contributed by atoms with Crippen LogP contribution in [-0.4, -0.2) is 17.6 Å². The highest BCUT2D eigenvalue weighted by molar-refractivity contribution is 6.30. The van der Waals surface area contributed by atoms with Crippen molar-refractivity contribution in [2.45, 2.75) is 12.8 Å². The maximum atomic E-state index is 12.3. The zero-order chi connectivity index (χ0) is 19.2. The molecule has 0 heterocycles. The molecular weight excluding hydrogens is 364 g/mol. The minimum Gasteiger partial charge on any atom is -0.294 e. The first-order valence-electron chi connectivity index (χ1n) is 8.40. The Kier molecular flexibility index (Phi) is 5.84. The van der Waals surface area contributed by atoms with Gasteiger partial charge < -0.3 is 0 Å². The highest BCUT2D eigenvalue weighted by atomic mass is 35.5. The Labute approximate surface area is 161 Å². The van der Waals surface area contributed by atoms with Crippen LogP contribution in [0.3, 0.4) is 0 Å². The number of carbonyl (C=O) groups excluding carboxylic acids is 3. The van der Waals surface area contributed by atoms with Crippen LogP contribution < -0.4 is 10.9 Å². The van der Waals surface area contributed by atoms with E-state index in [0.29, 0.717) is 16.1 Å². The van der Waals surface area contributed by atoms with Gasteiger partial charge >= 0.3 is 0 Å². The third kappa shape index (κ3) is 4.92. The van der Waals surface area contributed by atoms with Crippen molar-refractivity contribution in [3.05, 3.63) is 82.9 Å². The number of fused-ring (bicyclic) bond motifs is 1. The Hall–Kier alpha value is -3.18. The number of benzene rings is 3. The van der Waals surface area contributed by atoms with Crippen molar-refractivity contribution < 1.29 is 14.4 Å². The van der Waals surface area contributed by atoms with Crippen LogP contribution in [0.25, 0.3) is 10.8 Å². The molecule has 0 atom stereocenters. The molecule has 0 fully saturated rings. The number of ketones is 1.